The molecule has 1 fully saturated rings. The van der Waals surface area contributed by atoms with Gasteiger partial charge in [-0.15, -0.1) is 0 Å². The minimum atomic E-state index is -0.0602. The van der Waals surface area contributed by atoms with Gasteiger partial charge in [-0.3, -0.25) is 14.2 Å². The van der Waals surface area contributed by atoms with Crippen LogP contribution < -0.4 is 5.56 Å². The van der Waals surface area contributed by atoms with Crippen molar-refractivity contribution in [1.29, 1.82) is 0 Å². The van der Waals surface area contributed by atoms with Crippen LogP contribution in [0.25, 0.3) is 0 Å². The average Bonchev–Trinajstić information content (AvgIpc) is 3.02. The summed E-state index contributed by atoms with van der Waals surface area (Å²) in [6.45, 7) is 0.637. The summed E-state index contributed by atoms with van der Waals surface area (Å²) in [6.07, 6.45) is 3.49. The van der Waals surface area contributed by atoms with Gasteiger partial charge >= 0.3 is 0 Å². The number of carbonyl (C=O) groups excluding carboxylic acids is 1. The molecule has 0 unspecified atom stereocenters. The van der Waals surface area contributed by atoms with E-state index in [2.05, 4.69) is 4.98 Å². The fraction of sp³-hybridized carbons (Fsp3) is 0.545. The van der Waals surface area contributed by atoms with Crippen molar-refractivity contribution in [3.05, 3.63) is 27.9 Å². The van der Waals surface area contributed by atoms with Gasteiger partial charge in [-0.25, -0.2) is 4.98 Å². The van der Waals surface area contributed by atoms with Crippen molar-refractivity contribution < 1.29 is 4.79 Å². The summed E-state index contributed by atoms with van der Waals surface area (Å²) < 4.78 is 1.51. The molecule has 1 aromatic heterocycles. The molecule has 1 aliphatic heterocycles. The van der Waals surface area contributed by atoms with Crippen molar-refractivity contribution in [2.45, 2.75) is 38.1 Å². The molecule has 0 bridgehead atoms. The smallest absolute Gasteiger partial charge is 0.254 e. The highest BCUT2D eigenvalue weighted by molar-refractivity contribution is 5.93. The number of fused-ring (bicyclic) bond motifs is 1. The molecule has 0 N–H and O–H groups in total. The lowest BCUT2D eigenvalue weighted by atomic mass is 10.1. The van der Waals surface area contributed by atoms with Crippen molar-refractivity contribution >= 4 is 5.78 Å². The number of hydrogen-bond acceptors (Lipinski definition) is 3. The molecule has 4 nitrogen and oxygen atoms in total. The summed E-state index contributed by atoms with van der Waals surface area (Å²) in [5.74, 6) is 0.829. The second-order valence-electron chi connectivity index (χ2n) is 4.30. The van der Waals surface area contributed by atoms with Crippen LogP contribution in [0.4, 0.5) is 0 Å². The van der Waals surface area contributed by atoms with Gasteiger partial charge in [-0.2, -0.15) is 0 Å². The normalized spacial score (nSPS) is 20.1. The van der Waals surface area contributed by atoms with E-state index in [-0.39, 0.29) is 11.3 Å². The van der Waals surface area contributed by atoms with E-state index in [1.54, 1.807) is 6.07 Å². The van der Waals surface area contributed by atoms with Crippen LogP contribution in [0, 0.1) is 0 Å². The predicted molar refractivity (Wildman–Crippen MR) is 54.0 cm³/mol. The highest BCUT2D eigenvalue weighted by atomic mass is 16.1. The lowest BCUT2D eigenvalue weighted by Gasteiger charge is -2.16. The summed E-state index contributed by atoms with van der Waals surface area (Å²) in [7, 11) is 0. The number of rotatable bonds is 1. The molecule has 4 heteroatoms. The Morgan fingerprint density at radius 1 is 1.33 bits per heavy atom. The van der Waals surface area contributed by atoms with Gasteiger partial charge in [0.2, 0.25) is 0 Å². The SMILES string of the molecule is O=C1CCCn2c1nc(C1CC1)cc2=O. The van der Waals surface area contributed by atoms with Gasteiger partial charge in [0.25, 0.3) is 5.56 Å². The van der Waals surface area contributed by atoms with Crippen molar-refractivity contribution in [1.82, 2.24) is 9.55 Å². The van der Waals surface area contributed by atoms with Gasteiger partial charge in [0.15, 0.2) is 11.6 Å². The van der Waals surface area contributed by atoms with E-state index in [4.69, 9.17) is 0 Å². The molecule has 1 saturated carbocycles. The first-order chi connectivity index (χ1) is 7.25. The Morgan fingerprint density at radius 2 is 2.13 bits per heavy atom. The average molecular weight is 204 g/mol. The first kappa shape index (κ1) is 8.83. The molecule has 0 radical (unpaired) electrons. The predicted octanol–water partition coefficient (Wildman–Crippen LogP) is 1.10. The number of Topliss-reactive ketones (excluding diaryl/α,β-unsaturated/α-hetero) is 1. The zero-order chi connectivity index (χ0) is 10.4. The third-order valence-corrected chi connectivity index (χ3v) is 3.06. The van der Waals surface area contributed by atoms with Crippen molar-refractivity contribution in [2.75, 3.05) is 0 Å². The Bertz CT molecular complexity index is 486. The Balaban J connectivity index is 2.18. The lowest BCUT2D eigenvalue weighted by molar-refractivity contribution is 0.0945. The Hall–Kier alpha value is -1.45. The number of aromatic nitrogens is 2. The molecule has 2 heterocycles. The maximum Gasteiger partial charge on any atom is 0.254 e. The Morgan fingerprint density at radius 3 is 2.87 bits per heavy atom. The fourth-order valence-electron chi connectivity index (χ4n) is 2.05. The van der Waals surface area contributed by atoms with Crippen LogP contribution in [-0.4, -0.2) is 15.3 Å². The summed E-state index contributed by atoms with van der Waals surface area (Å²) in [5.41, 5.74) is 0.761. The van der Waals surface area contributed by atoms with Crippen molar-refractivity contribution in [3.8, 4) is 0 Å². The molecule has 0 amide bonds. The molecule has 15 heavy (non-hydrogen) atoms. The number of ketones is 1. The van der Waals surface area contributed by atoms with Gasteiger partial charge < -0.3 is 0 Å². The molecule has 78 valence electrons. The standard InChI is InChI=1S/C11H12N2O2/c14-9-2-1-5-13-10(15)6-8(7-3-4-7)12-11(9)13/h6-7H,1-5H2. The summed E-state index contributed by atoms with van der Waals surface area (Å²) in [6, 6.07) is 1.60. The van der Waals surface area contributed by atoms with Crippen molar-refractivity contribution in [3.63, 3.8) is 0 Å². The van der Waals surface area contributed by atoms with Crippen LogP contribution in [0.5, 0.6) is 0 Å². The Kier molecular flexibility index (Phi) is 1.78. The third-order valence-electron chi connectivity index (χ3n) is 3.06. The summed E-state index contributed by atoms with van der Waals surface area (Å²) in [4.78, 5) is 27.7. The van der Waals surface area contributed by atoms with E-state index in [0.717, 1.165) is 25.0 Å². The van der Waals surface area contributed by atoms with E-state index >= 15 is 0 Å². The minimum absolute atomic E-state index is 0.0147. The zero-order valence-electron chi connectivity index (χ0n) is 8.40. The maximum atomic E-state index is 11.7. The Labute approximate surface area is 86.9 Å². The summed E-state index contributed by atoms with van der Waals surface area (Å²) >= 11 is 0. The van der Waals surface area contributed by atoms with Crippen LogP contribution >= 0.6 is 0 Å². The largest absolute Gasteiger partial charge is 0.291 e. The van der Waals surface area contributed by atoms with Gasteiger partial charge in [-0.05, 0) is 19.3 Å². The van der Waals surface area contributed by atoms with E-state index < -0.39 is 0 Å². The van der Waals surface area contributed by atoms with Gasteiger partial charge in [0.1, 0.15) is 0 Å². The molecule has 0 saturated heterocycles. The quantitative estimate of drug-likeness (QED) is 0.688. The first-order valence-electron chi connectivity index (χ1n) is 5.40. The highest BCUT2D eigenvalue weighted by Crippen LogP contribution is 2.38. The molecule has 1 aliphatic carbocycles. The van der Waals surface area contributed by atoms with E-state index in [0.29, 0.717) is 24.7 Å². The third kappa shape index (κ3) is 1.40. The molecule has 3 rings (SSSR count). The molecule has 1 aromatic rings. The molecule has 0 spiro atoms. The summed E-state index contributed by atoms with van der Waals surface area (Å²) in [5, 5.41) is 0. The van der Waals surface area contributed by atoms with Crippen LogP contribution in [0.2, 0.25) is 0 Å². The van der Waals surface area contributed by atoms with Crippen LogP contribution in [0.15, 0.2) is 10.9 Å². The lowest BCUT2D eigenvalue weighted by Crippen LogP contribution is -2.31. The van der Waals surface area contributed by atoms with Gasteiger partial charge in [0, 0.05) is 24.9 Å². The first-order valence-corrected chi connectivity index (χ1v) is 5.40. The molecule has 0 aromatic carbocycles. The maximum absolute atomic E-state index is 11.7. The minimum Gasteiger partial charge on any atom is -0.291 e. The molecular weight excluding hydrogens is 192 g/mol. The molecule has 0 atom stereocenters. The van der Waals surface area contributed by atoms with Gasteiger partial charge in [0.05, 0.1) is 5.69 Å². The van der Waals surface area contributed by atoms with E-state index in [9.17, 15) is 9.59 Å². The van der Waals surface area contributed by atoms with Crippen LogP contribution in [0.3, 0.4) is 0 Å². The van der Waals surface area contributed by atoms with Gasteiger partial charge in [-0.1, -0.05) is 0 Å². The molecular formula is C11H12N2O2. The van der Waals surface area contributed by atoms with Crippen LogP contribution in [-0.2, 0) is 6.54 Å². The second-order valence-corrected chi connectivity index (χ2v) is 4.30. The van der Waals surface area contributed by atoms with Crippen molar-refractivity contribution in [2.24, 2.45) is 0 Å². The zero-order valence-corrected chi connectivity index (χ0v) is 8.40. The van der Waals surface area contributed by atoms with Crippen LogP contribution in [0.1, 0.15) is 47.9 Å². The topological polar surface area (TPSA) is 52.0 Å². The van der Waals surface area contributed by atoms with E-state index in [1.807, 2.05) is 0 Å². The fourth-order valence-corrected chi connectivity index (χ4v) is 2.05. The second kappa shape index (κ2) is 3.02. The number of nitrogens with zero attached hydrogens (tertiary/aromatic N) is 2. The molecule has 2 aliphatic rings. The number of carbonyl (C=O) groups is 1. The number of hydrogen-bond donors (Lipinski definition) is 0. The highest BCUT2D eigenvalue weighted by Gasteiger charge is 2.28. The van der Waals surface area contributed by atoms with E-state index in [1.165, 1.54) is 4.57 Å². The monoisotopic (exact) mass is 204 g/mol.